The molecular formula is C25H39N3O2. The Hall–Kier alpha value is -1.88. The fourth-order valence-electron chi connectivity index (χ4n) is 4.98. The minimum absolute atomic E-state index is 0.0283. The number of amides is 2. The van der Waals surface area contributed by atoms with Crippen LogP contribution < -0.4 is 11.1 Å². The van der Waals surface area contributed by atoms with E-state index in [1.54, 1.807) is 0 Å². The van der Waals surface area contributed by atoms with Crippen LogP contribution in [-0.2, 0) is 9.59 Å². The van der Waals surface area contributed by atoms with Gasteiger partial charge in [-0.15, -0.1) is 0 Å². The number of benzene rings is 1. The van der Waals surface area contributed by atoms with Crippen molar-refractivity contribution in [3.05, 3.63) is 35.9 Å². The number of nitrogens with zero attached hydrogens (tertiary/aromatic N) is 1. The summed E-state index contributed by atoms with van der Waals surface area (Å²) in [5.41, 5.74) is 7.22. The highest BCUT2D eigenvalue weighted by molar-refractivity contribution is 5.88. The molecule has 2 fully saturated rings. The Labute approximate surface area is 181 Å². The lowest BCUT2D eigenvalue weighted by Gasteiger charge is -2.29. The van der Waals surface area contributed by atoms with E-state index in [0.29, 0.717) is 31.5 Å². The van der Waals surface area contributed by atoms with Crippen LogP contribution in [0.2, 0.25) is 0 Å². The maximum absolute atomic E-state index is 13.2. The van der Waals surface area contributed by atoms with Crippen molar-refractivity contribution in [3.63, 3.8) is 0 Å². The molecule has 0 radical (unpaired) electrons. The van der Waals surface area contributed by atoms with Gasteiger partial charge in [0.05, 0.1) is 0 Å². The van der Waals surface area contributed by atoms with Crippen LogP contribution in [0.4, 0.5) is 0 Å². The second-order valence-corrected chi connectivity index (χ2v) is 9.23. The molecule has 1 saturated carbocycles. The van der Waals surface area contributed by atoms with Crippen LogP contribution in [0.25, 0.3) is 0 Å². The van der Waals surface area contributed by atoms with Gasteiger partial charge in [0.25, 0.3) is 0 Å². The van der Waals surface area contributed by atoms with Crippen molar-refractivity contribution < 1.29 is 9.59 Å². The first-order valence-electron chi connectivity index (χ1n) is 12.0. The molecule has 2 atom stereocenters. The van der Waals surface area contributed by atoms with Gasteiger partial charge in [0.15, 0.2) is 0 Å². The van der Waals surface area contributed by atoms with Gasteiger partial charge >= 0.3 is 0 Å². The van der Waals surface area contributed by atoms with Gasteiger partial charge in [0.2, 0.25) is 11.8 Å². The van der Waals surface area contributed by atoms with E-state index in [9.17, 15) is 9.59 Å². The predicted molar refractivity (Wildman–Crippen MR) is 121 cm³/mol. The van der Waals surface area contributed by atoms with Gasteiger partial charge in [0, 0.05) is 25.6 Å². The average Bonchev–Trinajstić information content (AvgIpc) is 3.27. The molecule has 166 valence electrons. The van der Waals surface area contributed by atoms with Crippen molar-refractivity contribution in [2.24, 2.45) is 11.7 Å². The summed E-state index contributed by atoms with van der Waals surface area (Å²) in [6.45, 7) is 3.60. The van der Waals surface area contributed by atoms with Crippen molar-refractivity contribution in [3.8, 4) is 0 Å². The number of hydrogen-bond donors (Lipinski definition) is 2. The molecule has 2 aliphatic rings. The monoisotopic (exact) mass is 413 g/mol. The summed E-state index contributed by atoms with van der Waals surface area (Å²) in [4.78, 5) is 27.9. The minimum atomic E-state index is -0.300. The van der Waals surface area contributed by atoms with Gasteiger partial charge in [0.1, 0.15) is 6.04 Å². The Bertz CT molecular complexity index is 670. The first-order chi connectivity index (χ1) is 14.6. The number of carbonyl (C=O) groups excluding carboxylic acids is 2. The molecule has 0 spiro atoms. The van der Waals surface area contributed by atoms with E-state index in [1.807, 2.05) is 23.1 Å². The highest BCUT2D eigenvalue weighted by Gasteiger charge is 2.35. The first-order valence-corrected chi connectivity index (χ1v) is 12.0. The molecule has 5 heteroatoms. The third kappa shape index (κ3) is 6.31. The second-order valence-electron chi connectivity index (χ2n) is 9.23. The van der Waals surface area contributed by atoms with E-state index in [1.165, 1.54) is 5.56 Å². The van der Waals surface area contributed by atoms with E-state index >= 15 is 0 Å². The molecule has 0 aromatic heterocycles. The van der Waals surface area contributed by atoms with Crippen molar-refractivity contribution >= 4 is 11.8 Å². The van der Waals surface area contributed by atoms with Crippen LogP contribution in [0, 0.1) is 5.92 Å². The van der Waals surface area contributed by atoms with Crippen LogP contribution >= 0.6 is 0 Å². The smallest absolute Gasteiger partial charge is 0.242 e. The average molecular weight is 414 g/mol. The van der Waals surface area contributed by atoms with E-state index in [4.69, 9.17) is 5.73 Å². The maximum Gasteiger partial charge on any atom is 0.242 e. The zero-order valence-corrected chi connectivity index (χ0v) is 18.5. The molecule has 3 rings (SSSR count). The molecule has 1 saturated heterocycles. The summed E-state index contributed by atoms with van der Waals surface area (Å²) in [6.07, 6.45) is 9.71. The molecule has 1 aliphatic carbocycles. The van der Waals surface area contributed by atoms with Crippen molar-refractivity contribution in [1.82, 2.24) is 10.2 Å². The Morgan fingerprint density at radius 3 is 2.57 bits per heavy atom. The molecule has 1 aliphatic heterocycles. The highest BCUT2D eigenvalue weighted by atomic mass is 16.2. The van der Waals surface area contributed by atoms with E-state index < -0.39 is 0 Å². The molecule has 5 nitrogen and oxygen atoms in total. The van der Waals surface area contributed by atoms with Crippen molar-refractivity contribution in [2.45, 2.75) is 89.1 Å². The van der Waals surface area contributed by atoms with Crippen molar-refractivity contribution in [2.75, 3.05) is 13.1 Å². The van der Waals surface area contributed by atoms with Gasteiger partial charge in [-0.25, -0.2) is 0 Å². The quantitative estimate of drug-likeness (QED) is 0.643. The predicted octanol–water partition coefficient (Wildman–Crippen LogP) is 3.98. The summed E-state index contributed by atoms with van der Waals surface area (Å²) < 4.78 is 0. The third-order valence-electron chi connectivity index (χ3n) is 6.93. The molecule has 2 amide bonds. The van der Waals surface area contributed by atoms with Gasteiger partial charge < -0.3 is 16.0 Å². The Morgan fingerprint density at radius 1 is 1.13 bits per heavy atom. The summed E-state index contributed by atoms with van der Waals surface area (Å²) in [6, 6.07) is 10.4. The summed E-state index contributed by atoms with van der Waals surface area (Å²) in [5.74, 6) is 0.909. The zero-order valence-electron chi connectivity index (χ0n) is 18.5. The number of nitrogens with one attached hydrogen (secondary N) is 1. The SMILES string of the molecule is CCCC[C@@H](CC(=O)N1CCC[C@H]1C(=O)NCC1CCC(N)CC1)c1ccccc1. The standard InChI is InChI=1S/C25H39N3O2/c1-2-3-8-21(20-9-5-4-6-10-20)17-24(29)28-16-7-11-23(28)25(30)27-18-19-12-14-22(26)15-13-19/h4-6,9-10,19,21-23H,2-3,7-8,11-18,26H2,1H3,(H,27,30)/t19?,21-,22?,23-/m0/s1. The molecule has 0 unspecified atom stereocenters. The highest BCUT2D eigenvalue weighted by Crippen LogP contribution is 2.29. The molecule has 1 aromatic carbocycles. The number of carbonyl (C=O) groups is 2. The van der Waals surface area contributed by atoms with Crippen LogP contribution in [-0.4, -0.2) is 41.9 Å². The molecule has 30 heavy (non-hydrogen) atoms. The normalized spacial score (nSPS) is 25.1. The number of unbranched alkanes of at least 4 members (excludes halogenated alkanes) is 1. The number of hydrogen-bond acceptors (Lipinski definition) is 3. The Morgan fingerprint density at radius 2 is 1.87 bits per heavy atom. The van der Waals surface area contributed by atoms with Crippen LogP contribution in [0.3, 0.4) is 0 Å². The first kappa shape index (κ1) is 22.8. The summed E-state index contributed by atoms with van der Waals surface area (Å²) >= 11 is 0. The molecule has 1 heterocycles. The van der Waals surface area contributed by atoms with E-state index in [-0.39, 0.29) is 23.8 Å². The Kier molecular flexibility index (Phi) is 8.74. The number of likely N-dealkylation sites (tertiary alicyclic amines) is 1. The fourth-order valence-corrected chi connectivity index (χ4v) is 4.98. The van der Waals surface area contributed by atoms with Gasteiger partial charge in [-0.3, -0.25) is 9.59 Å². The van der Waals surface area contributed by atoms with Crippen LogP contribution in [0.5, 0.6) is 0 Å². The lowest BCUT2D eigenvalue weighted by atomic mass is 9.86. The number of rotatable bonds is 9. The summed E-state index contributed by atoms with van der Waals surface area (Å²) in [7, 11) is 0. The van der Waals surface area contributed by atoms with Gasteiger partial charge in [-0.05, 0) is 62.3 Å². The van der Waals surface area contributed by atoms with Crippen LogP contribution in [0.1, 0.15) is 82.6 Å². The lowest BCUT2D eigenvalue weighted by molar-refractivity contribution is -0.138. The molecule has 0 bridgehead atoms. The maximum atomic E-state index is 13.2. The summed E-state index contributed by atoms with van der Waals surface area (Å²) in [5, 5.41) is 3.14. The van der Waals surface area contributed by atoms with Crippen LogP contribution in [0.15, 0.2) is 30.3 Å². The molecule has 1 aromatic rings. The molecule has 3 N–H and O–H groups in total. The van der Waals surface area contributed by atoms with E-state index in [0.717, 1.165) is 57.8 Å². The lowest BCUT2D eigenvalue weighted by Crippen LogP contribution is -2.47. The van der Waals surface area contributed by atoms with Gasteiger partial charge in [-0.1, -0.05) is 50.1 Å². The number of nitrogens with two attached hydrogens (primary N) is 1. The molecular weight excluding hydrogens is 374 g/mol. The van der Waals surface area contributed by atoms with Gasteiger partial charge in [-0.2, -0.15) is 0 Å². The second kappa shape index (κ2) is 11.5. The third-order valence-corrected chi connectivity index (χ3v) is 6.93. The van der Waals surface area contributed by atoms with E-state index in [2.05, 4.69) is 24.4 Å². The fraction of sp³-hybridized carbons (Fsp3) is 0.680. The minimum Gasteiger partial charge on any atom is -0.354 e. The zero-order chi connectivity index (χ0) is 21.3. The Balaban J connectivity index is 1.55. The van der Waals surface area contributed by atoms with Crippen molar-refractivity contribution in [1.29, 1.82) is 0 Å². The topological polar surface area (TPSA) is 75.4 Å². The largest absolute Gasteiger partial charge is 0.354 e.